The molecule has 1 aliphatic rings. The van der Waals surface area contributed by atoms with E-state index in [2.05, 4.69) is 71.7 Å². The molecule has 5 nitrogen and oxygen atoms in total. The van der Waals surface area contributed by atoms with Crippen LogP contribution in [0.25, 0.3) is 10.8 Å². The van der Waals surface area contributed by atoms with Crippen molar-refractivity contribution < 1.29 is 14.3 Å². The highest BCUT2D eigenvalue weighted by molar-refractivity contribution is 5.86. The maximum absolute atomic E-state index is 11.4. The minimum Gasteiger partial charge on any atom is -0.482 e. The minimum absolute atomic E-state index is 0.0606. The van der Waals surface area contributed by atoms with E-state index < -0.39 is 0 Å². The third-order valence-electron chi connectivity index (χ3n) is 5.83. The second-order valence-corrected chi connectivity index (χ2v) is 7.98. The van der Waals surface area contributed by atoms with E-state index in [0.717, 1.165) is 19.5 Å². The summed E-state index contributed by atoms with van der Waals surface area (Å²) in [6.45, 7) is 6.33. The summed E-state index contributed by atoms with van der Waals surface area (Å²) in [6, 6.07) is 23.8. The highest BCUT2D eigenvalue weighted by Gasteiger charge is 2.24. The van der Waals surface area contributed by atoms with Gasteiger partial charge in [-0.3, -0.25) is 0 Å². The third-order valence-corrected chi connectivity index (χ3v) is 5.83. The van der Waals surface area contributed by atoms with E-state index in [0.29, 0.717) is 18.4 Å². The van der Waals surface area contributed by atoms with Crippen molar-refractivity contribution >= 4 is 22.4 Å². The number of benzene rings is 3. The first-order valence-electron chi connectivity index (χ1n) is 11.0. The van der Waals surface area contributed by atoms with Crippen molar-refractivity contribution in [2.24, 2.45) is 0 Å². The molecule has 1 aliphatic heterocycles. The molecular weight excluding hydrogens is 388 g/mol. The van der Waals surface area contributed by atoms with Crippen LogP contribution in [0.1, 0.15) is 31.9 Å². The fraction of sp³-hybridized carbons (Fsp3) is 0.346. The molecule has 0 aromatic heterocycles. The molecule has 1 N–H and O–H groups in total. The van der Waals surface area contributed by atoms with Gasteiger partial charge < -0.3 is 19.7 Å². The van der Waals surface area contributed by atoms with Gasteiger partial charge in [-0.1, -0.05) is 42.5 Å². The third kappa shape index (κ3) is 5.17. The number of nitrogens with zero attached hydrogens (tertiary/aromatic N) is 1. The molecule has 1 heterocycles. The number of fused-ring (bicyclic) bond motifs is 1. The Morgan fingerprint density at radius 3 is 2.68 bits per heavy atom. The van der Waals surface area contributed by atoms with Crippen LogP contribution in [0.4, 0.5) is 5.69 Å². The molecule has 2 atom stereocenters. The molecule has 0 unspecified atom stereocenters. The van der Waals surface area contributed by atoms with Gasteiger partial charge in [0.1, 0.15) is 5.75 Å². The summed E-state index contributed by atoms with van der Waals surface area (Å²) in [5, 5.41) is 6.43. The fourth-order valence-corrected chi connectivity index (χ4v) is 4.30. The Balaban J connectivity index is 1.33. The Morgan fingerprint density at radius 1 is 1.10 bits per heavy atom. The van der Waals surface area contributed by atoms with E-state index in [4.69, 9.17) is 9.47 Å². The summed E-state index contributed by atoms with van der Waals surface area (Å²) in [5.74, 6) is 0.329. The van der Waals surface area contributed by atoms with Gasteiger partial charge in [-0.15, -0.1) is 0 Å². The van der Waals surface area contributed by atoms with Gasteiger partial charge in [0, 0.05) is 30.9 Å². The molecular formula is C26H30N2O3. The molecule has 0 aliphatic carbocycles. The summed E-state index contributed by atoms with van der Waals surface area (Å²) in [6.07, 6.45) is 1.11. The summed E-state index contributed by atoms with van der Waals surface area (Å²) >= 11 is 0. The van der Waals surface area contributed by atoms with Gasteiger partial charge in [0.15, 0.2) is 6.61 Å². The molecule has 1 saturated heterocycles. The van der Waals surface area contributed by atoms with Gasteiger partial charge in [0.25, 0.3) is 0 Å². The van der Waals surface area contributed by atoms with Gasteiger partial charge in [0.2, 0.25) is 0 Å². The summed E-state index contributed by atoms with van der Waals surface area (Å²) in [7, 11) is 0. The number of nitrogens with one attached hydrogen (secondary N) is 1. The van der Waals surface area contributed by atoms with Crippen molar-refractivity contribution in [3.8, 4) is 5.75 Å². The Morgan fingerprint density at radius 2 is 1.87 bits per heavy atom. The van der Waals surface area contributed by atoms with Crippen molar-refractivity contribution in [2.75, 3.05) is 31.2 Å². The first-order chi connectivity index (χ1) is 15.1. The largest absolute Gasteiger partial charge is 0.482 e. The first-order valence-corrected chi connectivity index (χ1v) is 11.0. The average Bonchev–Trinajstić information content (AvgIpc) is 3.26. The molecule has 0 spiro atoms. The van der Waals surface area contributed by atoms with Gasteiger partial charge in [0.05, 0.1) is 6.61 Å². The minimum atomic E-state index is -0.347. The van der Waals surface area contributed by atoms with Crippen molar-refractivity contribution in [1.82, 2.24) is 5.32 Å². The van der Waals surface area contributed by atoms with Gasteiger partial charge in [-0.2, -0.15) is 0 Å². The number of carbonyl (C=O) groups is 1. The molecule has 3 aromatic rings. The summed E-state index contributed by atoms with van der Waals surface area (Å²) < 4.78 is 10.4. The van der Waals surface area contributed by atoms with E-state index in [1.54, 1.807) is 6.92 Å². The van der Waals surface area contributed by atoms with Crippen LogP contribution in [-0.4, -0.2) is 38.3 Å². The molecule has 1 fully saturated rings. The maximum atomic E-state index is 11.4. The maximum Gasteiger partial charge on any atom is 0.344 e. The second kappa shape index (κ2) is 9.84. The van der Waals surface area contributed by atoms with Crippen LogP contribution >= 0.6 is 0 Å². The number of hydrogen-bond donors (Lipinski definition) is 1. The van der Waals surface area contributed by atoms with Crippen LogP contribution in [0.2, 0.25) is 0 Å². The second-order valence-electron chi connectivity index (χ2n) is 7.98. The zero-order chi connectivity index (χ0) is 21.6. The van der Waals surface area contributed by atoms with Crippen LogP contribution in [0, 0.1) is 0 Å². The Labute approximate surface area is 184 Å². The molecule has 0 bridgehead atoms. The van der Waals surface area contributed by atoms with Crippen LogP contribution in [0.5, 0.6) is 5.75 Å². The molecule has 4 rings (SSSR count). The van der Waals surface area contributed by atoms with Gasteiger partial charge in [-0.25, -0.2) is 4.79 Å². The van der Waals surface area contributed by atoms with Crippen LogP contribution in [0.15, 0.2) is 66.7 Å². The van der Waals surface area contributed by atoms with Crippen molar-refractivity contribution in [2.45, 2.75) is 32.4 Å². The summed E-state index contributed by atoms with van der Waals surface area (Å²) in [5.41, 5.74) is 2.52. The highest BCUT2D eigenvalue weighted by Crippen LogP contribution is 2.27. The molecule has 162 valence electrons. The van der Waals surface area contributed by atoms with E-state index >= 15 is 0 Å². The lowest BCUT2D eigenvalue weighted by Crippen LogP contribution is -2.34. The number of hydrogen-bond acceptors (Lipinski definition) is 5. The number of carbonyl (C=O) groups excluding carboxylic acids is 1. The zero-order valence-corrected chi connectivity index (χ0v) is 18.2. The van der Waals surface area contributed by atoms with Crippen molar-refractivity contribution in [3.05, 3.63) is 72.3 Å². The number of rotatable bonds is 8. The topological polar surface area (TPSA) is 50.8 Å². The standard InChI is InChI=1S/C26H30N2O3/c1-3-30-26(29)18-31-23-13-11-22(12-14-23)28-16-15-21(17-28)27-19(2)24-10-6-8-20-7-4-5-9-25(20)24/h4-14,19,21,27H,3,15-18H2,1-2H3/t19-,21+/m1/s1. The van der Waals surface area contributed by atoms with Crippen LogP contribution < -0.4 is 15.0 Å². The molecule has 3 aromatic carbocycles. The van der Waals surface area contributed by atoms with E-state index in [-0.39, 0.29) is 18.6 Å². The van der Waals surface area contributed by atoms with E-state index in [9.17, 15) is 4.79 Å². The van der Waals surface area contributed by atoms with Crippen LogP contribution in [0.3, 0.4) is 0 Å². The average molecular weight is 419 g/mol. The molecule has 5 heteroatoms. The smallest absolute Gasteiger partial charge is 0.344 e. The predicted octanol–water partition coefficient (Wildman–Crippen LogP) is 4.71. The van der Waals surface area contributed by atoms with E-state index in [1.165, 1.54) is 22.0 Å². The lowest BCUT2D eigenvalue weighted by atomic mass is 9.99. The van der Waals surface area contributed by atoms with Gasteiger partial charge >= 0.3 is 5.97 Å². The molecule has 0 radical (unpaired) electrons. The van der Waals surface area contributed by atoms with Crippen molar-refractivity contribution in [3.63, 3.8) is 0 Å². The molecule has 0 saturated carbocycles. The zero-order valence-electron chi connectivity index (χ0n) is 18.2. The van der Waals surface area contributed by atoms with E-state index in [1.807, 2.05) is 12.1 Å². The fourth-order valence-electron chi connectivity index (χ4n) is 4.30. The Kier molecular flexibility index (Phi) is 6.73. The first kappa shape index (κ1) is 21.2. The Bertz CT molecular complexity index is 1010. The Hall–Kier alpha value is -3.05. The monoisotopic (exact) mass is 418 g/mol. The van der Waals surface area contributed by atoms with Gasteiger partial charge in [-0.05, 0) is 60.9 Å². The normalized spacial score (nSPS) is 17.0. The lowest BCUT2D eigenvalue weighted by Gasteiger charge is -2.23. The number of anilines is 1. The van der Waals surface area contributed by atoms with Crippen LogP contribution in [-0.2, 0) is 9.53 Å². The number of esters is 1. The quantitative estimate of drug-likeness (QED) is 0.537. The number of ether oxygens (including phenoxy) is 2. The molecule has 31 heavy (non-hydrogen) atoms. The summed E-state index contributed by atoms with van der Waals surface area (Å²) in [4.78, 5) is 13.8. The lowest BCUT2D eigenvalue weighted by molar-refractivity contribution is -0.145. The highest BCUT2D eigenvalue weighted by atomic mass is 16.6. The SMILES string of the molecule is CCOC(=O)COc1ccc(N2CC[C@H](N[C@H](C)c3cccc4ccccc34)C2)cc1. The predicted molar refractivity (Wildman–Crippen MR) is 125 cm³/mol. The van der Waals surface area contributed by atoms with Crippen molar-refractivity contribution in [1.29, 1.82) is 0 Å². The molecule has 0 amide bonds.